The van der Waals surface area contributed by atoms with Crippen molar-refractivity contribution in [1.82, 2.24) is 5.32 Å². The predicted octanol–water partition coefficient (Wildman–Crippen LogP) is 1.42. The van der Waals surface area contributed by atoms with Gasteiger partial charge in [0.05, 0.1) is 13.2 Å². The van der Waals surface area contributed by atoms with E-state index in [-0.39, 0.29) is 12.6 Å². The Morgan fingerprint density at radius 1 is 1.41 bits per heavy atom. The molecule has 0 spiro atoms. The van der Waals surface area contributed by atoms with Gasteiger partial charge in [-0.3, -0.25) is 4.79 Å². The van der Waals surface area contributed by atoms with Gasteiger partial charge < -0.3 is 15.2 Å². The van der Waals surface area contributed by atoms with Gasteiger partial charge in [0.25, 0.3) is 0 Å². The van der Waals surface area contributed by atoms with Gasteiger partial charge in [0.1, 0.15) is 5.54 Å². The molecule has 4 nitrogen and oxygen atoms in total. The maximum atomic E-state index is 11.8. The predicted molar refractivity (Wildman–Crippen MR) is 72.4 cm³/mol. The van der Waals surface area contributed by atoms with Gasteiger partial charge in [-0.1, -0.05) is 6.92 Å². The van der Waals surface area contributed by atoms with Crippen LogP contribution >= 0.6 is 11.8 Å². The van der Waals surface area contributed by atoms with Crippen LogP contribution in [0.5, 0.6) is 0 Å². The number of carbonyl (C=O) groups excluding carboxylic acids is 1. The van der Waals surface area contributed by atoms with Crippen molar-refractivity contribution < 1.29 is 14.6 Å². The molecule has 0 rings (SSSR count). The maximum absolute atomic E-state index is 11.8. The van der Waals surface area contributed by atoms with Crippen LogP contribution < -0.4 is 5.32 Å². The molecule has 0 bridgehead atoms. The molecule has 1 atom stereocenters. The fourth-order valence-electron chi connectivity index (χ4n) is 1.64. The van der Waals surface area contributed by atoms with E-state index in [9.17, 15) is 4.79 Å². The number of hydrogen-bond acceptors (Lipinski definition) is 5. The highest BCUT2D eigenvalue weighted by Gasteiger charge is 2.32. The average Bonchev–Trinajstić information content (AvgIpc) is 2.29. The number of hydrogen-bond donors (Lipinski definition) is 2. The molecule has 0 aromatic carbocycles. The Bertz CT molecular complexity index is 214. The summed E-state index contributed by atoms with van der Waals surface area (Å²) in [6.07, 6.45) is 1.70. The highest BCUT2D eigenvalue weighted by atomic mass is 32.2. The van der Waals surface area contributed by atoms with E-state index in [1.807, 2.05) is 20.8 Å². The van der Waals surface area contributed by atoms with Crippen LogP contribution in [0.25, 0.3) is 0 Å². The van der Waals surface area contributed by atoms with Crippen LogP contribution in [0.4, 0.5) is 0 Å². The second-order valence-electron chi connectivity index (χ2n) is 4.02. The first-order valence-electron chi connectivity index (χ1n) is 6.21. The molecular weight excluding hydrogens is 238 g/mol. The first-order valence-corrected chi connectivity index (χ1v) is 7.37. The van der Waals surface area contributed by atoms with Crippen molar-refractivity contribution >= 4 is 17.7 Å². The molecule has 0 aliphatic rings. The Labute approximate surface area is 108 Å². The number of aliphatic hydroxyl groups is 1. The third kappa shape index (κ3) is 6.91. The van der Waals surface area contributed by atoms with Crippen molar-refractivity contribution in [3.63, 3.8) is 0 Å². The summed E-state index contributed by atoms with van der Waals surface area (Å²) in [6.45, 7) is 7.08. The van der Waals surface area contributed by atoms with Gasteiger partial charge in [0.2, 0.25) is 0 Å². The number of thioether (sulfide) groups is 1. The topological polar surface area (TPSA) is 58.6 Å². The summed E-state index contributed by atoms with van der Waals surface area (Å²) in [5, 5.41) is 11.9. The molecule has 0 aromatic heterocycles. The molecule has 17 heavy (non-hydrogen) atoms. The summed E-state index contributed by atoms with van der Waals surface area (Å²) in [7, 11) is 0. The fraction of sp³-hybridized carbons (Fsp3) is 0.917. The monoisotopic (exact) mass is 263 g/mol. The molecule has 1 unspecified atom stereocenters. The molecule has 5 heteroatoms. The van der Waals surface area contributed by atoms with Crippen LogP contribution in [0.1, 0.15) is 33.6 Å². The van der Waals surface area contributed by atoms with E-state index in [1.54, 1.807) is 11.8 Å². The minimum absolute atomic E-state index is 0.172. The molecule has 0 fully saturated rings. The molecule has 0 aliphatic heterocycles. The van der Waals surface area contributed by atoms with Gasteiger partial charge >= 0.3 is 5.97 Å². The van der Waals surface area contributed by atoms with E-state index < -0.39 is 5.54 Å². The number of aliphatic hydroxyl groups excluding tert-OH is 1. The maximum Gasteiger partial charge on any atom is 0.326 e. The smallest absolute Gasteiger partial charge is 0.326 e. The molecule has 0 radical (unpaired) electrons. The number of nitrogens with one attached hydrogen (secondary N) is 1. The molecule has 0 aliphatic carbocycles. The third-order valence-corrected chi connectivity index (χ3v) is 3.54. The Kier molecular flexibility index (Phi) is 9.59. The van der Waals surface area contributed by atoms with Crippen LogP contribution in [0.15, 0.2) is 0 Å². The summed E-state index contributed by atoms with van der Waals surface area (Å²) in [6, 6.07) is 0. The molecule has 0 amide bonds. The van der Waals surface area contributed by atoms with Crippen molar-refractivity contribution in [1.29, 1.82) is 0 Å². The zero-order chi connectivity index (χ0) is 13.1. The number of likely N-dealkylation sites (N-methyl/N-ethyl adjacent to an activating group) is 1. The van der Waals surface area contributed by atoms with Crippen LogP contribution in [0, 0.1) is 0 Å². The van der Waals surface area contributed by atoms with Gasteiger partial charge in [-0.15, -0.1) is 0 Å². The molecule has 102 valence electrons. The van der Waals surface area contributed by atoms with E-state index >= 15 is 0 Å². The molecule has 0 aromatic rings. The third-order valence-electron chi connectivity index (χ3n) is 2.49. The minimum atomic E-state index is -0.579. The summed E-state index contributed by atoms with van der Waals surface area (Å²) < 4.78 is 5.09. The van der Waals surface area contributed by atoms with Gasteiger partial charge in [-0.25, -0.2) is 0 Å². The van der Waals surface area contributed by atoms with E-state index in [0.717, 1.165) is 30.9 Å². The Balaban J connectivity index is 4.07. The van der Waals surface area contributed by atoms with Crippen LogP contribution in [0.3, 0.4) is 0 Å². The van der Waals surface area contributed by atoms with Crippen molar-refractivity contribution in [3.8, 4) is 0 Å². The fourth-order valence-corrected chi connectivity index (χ4v) is 2.32. The minimum Gasteiger partial charge on any atom is -0.465 e. The normalized spacial score (nSPS) is 14.4. The van der Waals surface area contributed by atoms with Crippen LogP contribution in [0.2, 0.25) is 0 Å². The summed E-state index contributed by atoms with van der Waals surface area (Å²) in [5.74, 6) is 1.55. The SMILES string of the molecule is CCNC(C)(CCCSCCO)C(=O)OCC. The molecular formula is C12H25NO3S. The van der Waals surface area contributed by atoms with E-state index in [2.05, 4.69) is 5.32 Å². The summed E-state index contributed by atoms with van der Waals surface area (Å²) in [4.78, 5) is 11.8. The Morgan fingerprint density at radius 3 is 2.65 bits per heavy atom. The lowest BCUT2D eigenvalue weighted by molar-refractivity contribution is -0.150. The van der Waals surface area contributed by atoms with Gasteiger partial charge in [0.15, 0.2) is 0 Å². The van der Waals surface area contributed by atoms with Gasteiger partial charge in [-0.05, 0) is 39.0 Å². The lowest BCUT2D eigenvalue weighted by Crippen LogP contribution is -2.50. The van der Waals surface area contributed by atoms with Crippen molar-refractivity contribution in [2.45, 2.75) is 39.2 Å². The number of esters is 1. The van der Waals surface area contributed by atoms with Gasteiger partial charge in [-0.2, -0.15) is 11.8 Å². The highest BCUT2D eigenvalue weighted by molar-refractivity contribution is 7.99. The van der Waals surface area contributed by atoms with Crippen LogP contribution in [-0.2, 0) is 9.53 Å². The van der Waals surface area contributed by atoms with Crippen molar-refractivity contribution in [3.05, 3.63) is 0 Å². The second-order valence-corrected chi connectivity index (χ2v) is 5.25. The first-order chi connectivity index (χ1) is 8.10. The van der Waals surface area contributed by atoms with Crippen molar-refractivity contribution in [2.24, 2.45) is 0 Å². The lowest BCUT2D eigenvalue weighted by Gasteiger charge is -2.28. The zero-order valence-corrected chi connectivity index (χ0v) is 11.9. The zero-order valence-electron chi connectivity index (χ0n) is 11.1. The lowest BCUT2D eigenvalue weighted by atomic mass is 9.96. The molecule has 0 saturated carbocycles. The first kappa shape index (κ1) is 16.7. The Morgan fingerprint density at radius 2 is 2.12 bits per heavy atom. The van der Waals surface area contributed by atoms with E-state index in [4.69, 9.17) is 9.84 Å². The number of rotatable bonds is 10. The second kappa shape index (κ2) is 9.74. The van der Waals surface area contributed by atoms with Crippen LogP contribution in [-0.4, -0.2) is 47.9 Å². The summed E-state index contributed by atoms with van der Waals surface area (Å²) in [5.41, 5.74) is -0.579. The quantitative estimate of drug-likeness (QED) is 0.461. The molecule has 0 saturated heterocycles. The van der Waals surface area contributed by atoms with Crippen molar-refractivity contribution in [2.75, 3.05) is 31.3 Å². The number of carbonyl (C=O) groups is 1. The Hall–Kier alpha value is -0.260. The summed E-state index contributed by atoms with van der Waals surface area (Å²) >= 11 is 1.71. The average molecular weight is 263 g/mol. The molecule has 2 N–H and O–H groups in total. The standard InChI is InChI=1S/C12H25NO3S/c1-4-13-12(3,11(15)16-5-2)7-6-9-17-10-8-14/h13-14H,4-10H2,1-3H3. The van der Waals surface area contributed by atoms with E-state index in [0.29, 0.717) is 6.61 Å². The number of ether oxygens (including phenoxy) is 1. The highest BCUT2D eigenvalue weighted by Crippen LogP contribution is 2.17. The largest absolute Gasteiger partial charge is 0.465 e. The van der Waals surface area contributed by atoms with Gasteiger partial charge in [0, 0.05) is 5.75 Å². The van der Waals surface area contributed by atoms with E-state index in [1.165, 1.54) is 0 Å². The molecule has 0 heterocycles.